The van der Waals surface area contributed by atoms with Gasteiger partial charge >= 0.3 is 16.2 Å². The molecular formula is C19H28N4O3S. The SMILES string of the molecule is O=C(Nc1c2c(cc3c1CCC3)CCC2)NS(=O)(=O)NCc1ccncc1.[HH].[HH].[HH]. The first-order valence-corrected chi connectivity index (χ1v) is 10.6. The molecule has 0 saturated carbocycles. The summed E-state index contributed by atoms with van der Waals surface area (Å²) < 4.78 is 28.8. The van der Waals surface area contributed by atoms with Gasteiger partial charge in [0.2, 0.25) is 0 Å². The molecule has 1 aromatic heterocycles. The number of anilines is 1. The van der Waals surface area contributed by atoms with Gasteiger partial charge in [-0.05, 0) is 78.5 Å². The first kappa shape index (κ1) is 17.9. The van der Waals surface area contributed by atoms with Gasteiger partial charge in [-0.1, -0.05) is 6.07 Å². The zero-order chi connectivity index (χ0) is 18.9. The molecule has 8 heteroatoms. The molecule has 1 heterocycles. The van der Waals surface area contributed by atoms with E-state index in [1.807, 2.05) is 0 Å². The highest BCUT2D eigenvalue weighted by Gasteiger charge is 2.25. The Bertz CT molecular complexity index is 956. The van der Waals surface area contributed by atoms with Gasteiger partial charge in [-0.25, -0.2) is 9.52 Å². The molecule has 0 atom stereocenters. The smallest absolute Gasteiger partial charge is 0.307 e. The van der Waals surface area contributed by atoms with Crippen molar-refractivity contribution in [2.75, 3.05) is 5.32 Å². The molecule has 2 aliphatic rings. The van der Waals surface area contributed by atoms with Gasteiger partial charge in [-0.3, -0.25) is 4.98 Å². The van der Waals surface area contributed by atoms with Crippen LogP contribution in [0.15, 0.2) is 30.6 Å². The predicted octanol–water partition coefficient (Wildman–Crippen LogP) is 2.95. The van der Waals surface area contributed by atoms with Crippen molar-refractivity contribution in [3.63, 3.8) is 0 Å². The number of hydrogen-bond donors (Lipinski definition) is 3. The number of benzene rings is 1. The molecule has 2 aliphatic carbocycles. The number of pyridine rings is 1. The van der Waals surface area contributed by atoms with Crippen molar-refractivity contribution in [3.05, 3.63) is 58.4 Å². The molecule has 7 nitrogen and oxygen atoms in total. The quantitative estimate of drug-likeness (QED) is 0.728. The van der Waals surface area contributed by atoms with Crippen molar-refractivity contribution in [3.8, 4) is 0 Å². The predicted molar refractivity (Wildman–Crippen MR) is 109 cm³/mol. The number of urea groups is 1. The van der Waals surface area contributed by atoms with Crippen molar-refractivity contribution >= 4 is 21.9 Å². The van der Waals surface area contributed by atoms with Gasteiger partial charge in [0.15, 0.2) is 0 Å². The van der Waals surface area contributed by atoms with E-state index in [-0.39, 0.29) is 10.8 Å². The van der Waals surface area contributed by atoms with Gasteiger partial charge in [0.1, 0.15) is 0 Å². The molecule has 0 bridgehead atoms. The number of amides is 2. The van der Waals surface area contributed by atoms with Gasteiger partial charge in [-0.2, -0.15) is 13.1 Å². The summed E-state index contributed by atoms with van der Waals surface area (Å²) in [5.41, 5.74) is 6.46. The highest BCUT2D eigenvalue weighted by Crippen LogP contribution is 2.38. The van der Waals surface area contributed by atoms with E-state index in [0.717, 1.165) is 60.9 Å². The number of nitrogens with zero attached hydrogens (tertiary/aromatic N) is 1. The Hall–Kier alpha value is -2.45. The van der Waals surface area contributed by atoms with Crippen LogP contribution in [0.1, 0.15) is 44.9 Å². The number of aromatic nitrogens is 1. The number of hydrogen-bond acceptors (Lipinski definition) is 4. The van der Waals surface area contributed by atoms with Crippen molar-refractivity contribution in [2.24, 2.45) is 0 Å². The van der Waals surface area contributed by atoms with E-state index in [0.29, 0.717) is 0 Å². The Kier molecular flexibility index (Phi) is 4.84. The average molecular weight is 393 g/mol. The molecule has 0 unspecified atom stereocenters. The minimum absolute atomic E-state index is 0. The molecule has 0 radical (unpaired) electrons. The molecule has 2 aromatic rings. The van der Waals surface area contributed by atoms with E-state index in [9.17, 15) is 13.2 Å². The van der Waals surface area contributed by atoms with Crippen LogP contribution < -0.4 is 14.8 Å². The minimum atomic E-state index is -3.96. The number of aryl methyl sites for hydroxylation is 2. The third-order valence-corrected chi connectivity index (χ3v) is 6.13. The molecule has 1 aromatic carbocycles. The zero-order valence-corrected chi connectivity index (χ0v) is 15.7. The second-order valence-corrected chi connectivity index (χ2v) is 8.47. The van der Waals surface area contributed by atoms with Crippen LogP contribution in [0.2, 0.25) is 0 Å². The van der Waals surface area contributed by atoms with Crippen molar-refractivity contribution < 1.29 is 17.5 Å². The number of rotatable bonds is 5. The summed E-state index contributed by atoms with van der Waals surface area (Å²) in [7, 11) is -3.96. The lowest BCUT2D eigenvalue weighted by molar-refractivity contribution is 0.256. The summed E-state index contributed by atoms with van der Waals surface area (Å²) in [5.74, 6) is 0. The van der Waals surface area contributed by atoms with Gasteiger partial charge in [0.25, 0.3) is 0 Å². The van der Waals surface area contributed by atoms with Crippen molar-refractivity contribution in [1.82, 2.24) is 14.4 Å². The normalized spacial score (nSPS) is 15.3. The number of carbonyl (C=O) groups excluding carboxylic acids is 1. The van der Waals surface area contributed by atoms with Crippen LogP contribution in [0, 0.1) is 0 Å². The van der Waals surface area contributed by atoms with Gasteiger partial charge < -0.3 is 5.32 Å². The molecule has 148 valence electrons. The highest BCUT2D eigenvalue weighted by molar-refractivity contribution is 7.88. The summed E-state index contributed by atoms with van der Waals surface area (Å²) >= 11 is 0. The molecule has 0 aliphatic heterocycles. The van der Waals surface area contributed by atoms with E-state index >= 15 is 0 Å². The zero-order valence-electron chi connectivity index (χ0n) is 14.9. The Labute approximate surface area is 163 Å². The van der Waals surface area contributed by atoms with Crippen molar-refractivity contribution in [2.45, 2.75) is 45.1 Å². The Morgan fingerprint density at radius 3 is 2.30 bits per heavy atom. The molecule has 27 heavy (non-hydrogen) atoms. The second-order valence-electron chi connectivity index (χ2n) is 6.97. The third kappa shape index (κ3) is 3.96. The number of fused-ring (bicyclic) bond motifs is 2. The fourth-order valence-electron chi connectivity index (χ4n) is 3.94. The maximum absolute atomic E-state index is 12.4. The summed E-state index contributed by atoms with van der Waals surface area (Å²) in [6, 6.07) is 4.95. The molecule has 4 rings (SSSR count). The van der Waals surface area contributed by atoms with Gasteiger partial charge in [-0.15, -0.1) is 0 Å². The summed E-state index contributed by atoms with van der Waals surface area (Å²) in [6.45, 7) is 0.0846. The highest BCUT2D eigenvalue weighted by atomic mass is 32.2. The van der Waals surface area contributed by atoms with Crippen LogP contribution in [0.3, 0.4) is 0 Å². The fourth-order valence-corrected chi connectivity index (χ4v) is 4.67. The molecule has 0 spiro atoms. The molecule has 0 saturated heterocycles. The van der Waals surface area contributed by atoms with E-state index in [1.165, 1.54) is 11.1 Å². The maximum atomic E-state index is 12.4. The third-order valence-electron chi connectivity index (χ3n) is 5.15. The van der Waals surface area contributed by atoms with Crippen molar-refractivity contribution in [1.29, 1.82) is 0 Å². The number of carbonyl (C=O) groups is 1. The standard InChI is InChI=1S/C19H22N4O3S.3H2/c24-19(23-27(25,26)21-12-13-7-9-20-10-8-13)22-18-16-5-1-3-14(16)11-15-4-2-6-17(15)18;;;/h7-11,21H,1-6,12H2,(H2,22,23,24);3*1H. The van der Waals surface area contributed by atoms with E-state index in [2.05, 4.69) is 25.8 Å². The van der Waals surface area contributed by atoms with E-state index in [1.54, 1.807) is 24.5 Å². The van der Waals surface area contributed by atoms with E-state index < -0.39 is 16.2 Å². The minimum Gasteiger partial charge on any atom is -0.307 e. The Morgan fingerprint density at radius 2 is 1.67 bits per heavy atom. The molecule has 2 amide bonds. The monoisotopic (exact) mass is 392 g/mol. The lowest BCUT2D eigenvalue weighted by atomic mass is 9.99. The Balaban J connectivity index is 0.00000150. The Morgan fingerprint density at radius 1 is 1.04 bits per heavy atom. The summed E-state index contributed by atoms with van der Waals surface area (Å²) in [5, 5.41) is 2.82. The lowest BCUT2D eigenvalue weighted by Gasteiger charge is -2.16. The molecule has 3 N–H and O–H groups in total. The van der Waals surface area contributed by atoms with Gasteiger partial charge in [0, 0.05) is 28.9 Å². The summed E-state index contributed by atoms with van der Waals surface area (Å²) in [6.07, 6.45) is 9.19. The number of nitrogens with one attached hydrogen (secondary N) is 3. The lowest BCUT2D eigenvalue weighted by Crippen LogP contribution is -2.42. The molecule has 0 fully saturated rings. The first-order chi connectivity index (χ1) is 13.0. The van der Waals surface area contributed by atoms with Crippen LogP contribution in [0.4, 0.5) is 10.5 Å². The van der Waals surface area contributed by atoms with Crippen LogP contribution in [0.5, 0.6) is 0 Å². The van der Waals surface area contributed by atoms with Crippen LogP contribution >= 0.6 is 0 Å². The summed E-state index contributed by atoms with van der Waals surface area (Å²) in [4.78, 5) is 16.3. The van der Waals surface area contributed by atoms with Crippen LogP contribution in [-0.2, 0) is 42.4 Å². The first-order valence-electron chi connectivity index (χ1n) is 9.15. The largest absolute Gasteiger partial charge is 0.333 e. The maximum Gasteiger partial charge on any atom is 0.333 e. The second kappa shape index (κ2) is 7.28. The topological polar surface area (TPSA) is 100 Å². The fraction of sp³-hybridized carbons (Fsp3) is 0.368. The average Bonchev–Trinajstić information content (AvgIpc) is 3.29. The van der Waals surface area contributed by atoms with E-state index in [4.69, 9.17) is 0 Å². The molecular weight excluding hydrogens is 364 g/mol. The van der Waals surface area contributed by atoms with Crippen LogP contribution in [0.25, 0.3) is 0 Å². The van der Waals surface area contributed by atoms with Gasteiger partial charge in [0.05, 0.1) is 0 Å². The van der Waals surface area contributed by atoms with Crippen LogP contribution in [-0.4, -0.2) is 19.4 Å².